The van der Waals surface area contributed by atoms with E-state index in [0.29, 0.717) is 32.2 Å². The van der Waals surface area contributed by atoms with E-state index < -0.39 is 12.2 Å². The topological polar surface area (TPSA) is 91.6 Å². The Hall–Kier alpha value is -3.49. The zero-order valence-corrected chi connectivity index (χ0v) is 20.0. The molecule has 36 heavy (non-hydrogen) atoms. The van der Waals surface area contributed by atoms with Crippen molar-refractivity contribution in [3.8, 4) is 0 Å². The number of rotatable bonds is 11. The highest BCUT2D eigenvalue weighted by atomic mass is 16.6. The van der Waals surface area contributed by atoms with Gasteiger partial charge in [0.05, 0.1) is 32.6 Å². The Labute approximate surface area is 211 Å². The summed E-state index contributed by atoms with van der Waals surface area (Å²) in [6, 6.07) is 30.2. The standard InChI is InChI=1S/C29H31N3O4/c30-29-24(16-31-32-29)26-28(35-19-23-14-8-3-9-15-23)27(34-18-22-12-6-2-7-13-22)25(36-26)20-33-17-21-10-4-1-5-11-21/h1-16,25-28H,17-20H2,(H3,30,31,32). The van der Waals surface area contributed by atoms with E-state index in [0.717, 1.165) is 22.3 Å². The van der Waals surface area contributed by atoms with Gasteiger partial charge in [0.15, 0.2) is 0 Å². The van der Waals surface area contributed by atoms with E-state index in [1.54, 1.807) is 6.20 Å². The number of H-pyrrole nitrogens is 1. The Bertz CT molecular complexity index is 1190. The molecule has 1 saturated heterocycles. The largest absolute Gasteiger partial charge is 0.384 e. The van der Waals surface area contributed by atoms with Gasteiger partial charge >= 0.3 is 0 Å². The molecular weight excluding hydrogens is 454 g/mol. The molecular formula is C29H31N3O4. The van der Waals surface area contributed by atoms with Crippen molar-refractivity contribution in [2.24, 2.45) is 0 Å². The van der Waals surface area contributed by atoms with Gasteiger partial charge in [0.25, 0.3) is 0 Å². The lowest BCUT2D eigenvalue weighted by Gasteiger charge is -2.25. The Kier molecular flexibility index (Phi) is 8.05. The van der Waals surface area contributed by atoms with Gasteiger partial charge in [0.1, 0.15) is 30.2 Å². The Morgan fingerprint density at radius 3 is 1.78 bits per heavy atom. The summed E-state index contributed by atoms with van der Waals surface area (Å²) in [6.07, 6.45) is 0.125. The summed E-state index contributed by atoms with van der Waals surface area (Å²) in [5.41, 5.74) is 10.2. The quantitative estimate of drug-likeness (QED) is 0.317. The van der Waals surface area contributed by atoms with Crippen molar-refractivity contribution < 1.29 is 18.9 Å². The van der Waals surface area contributed by atoms with Gasteiger partial charge in [-0.15, -0.1) is 0 Å². The summed E-state index contributed by atoms with van der Waals surface area (Å²) in [5.74, 6) is 0.459. The number of anilines is 1. The van der Waals surface area contributed by atoms with Crippen LogP contribution in [-0.4, -0.2) is 35.1 Å². The molecule has 186 valence electrons. The van der Waals surface area contributed by atoms with Crippen LogP contribution in [0.4, 0.5) is 5.82 Å². The lowest BCUT2D eigenvalue weighted by atomic mass is 10.0. The van der Waals surface area contributed by atoms with Crippen LogP contribution in [-0.2, 0) is 38.8 Å². The molecule has 1 aliphatic rings. The monoisotopic (exact) mass is 485 g/mol. The van der Waals surface area contributed by atoms with Gasteiger partial charge in [-0.3, -0.25) is 5.10 Å². The predicted octanol–water partition coefficient (Wildman–Crippen LogP) is 4.82. The van der Waals surface area contributed by atoms with E-state index in [2.05, 4.69) is 10.2 Å². The van der Waals surface area contributed by atoms with Gasteiger partial charge < -0.3 is 24.7 Å². The second kappa shape index (κ2) is 12.0. The first-order valence-electron chi connectivity index (χ1n) is 12.1. The van der Waals surface area contributed by atoms with Gasteiger partial charge in [-0.25, -0.2) is 0 Å². The number of nitrogen functional groups attached to an aromatic ring is 1. The molecule has 0 bridgehead atoms. The highest BCUT2D eigenvalue weighted by Crippen LogP contribution is 2.40. The number of ether oxygens (including phenoxy) is 4. The van der Waals surface area contributed by atoms with Crippen LogP contribution in [0.2, 0.25) is 0 Å². The summed E-state index contributed by atoms with van der Waals surface area (Å²) >= 11 is 0. The van der Waals surface area contributed by atoms with Crippen molar-refractivity contribution in [3.63, 3.8) is 0 Å². The number of nitrogens with zero attached hydrogens (tertiary/aromatic N) is 1. The molecule has 1 aromatic heterocycles. The van der Waals surface area contributed by atoms with Crippen LogP contribution in [0.15, 0.2) is 97.2 Å². The molecule has 5 rings (SSSR count). The number of hydrogen-bond donors (Lipinski definition) is 2. The molecule has 3 N–H and O–H groups in total. The summed E-state index contributed by atoms with van der Waals surface area (Å²) < 4.78 is 25.5. The Balaban J connectivity index is 1.36. The molecule has 3 aromatic carbocycles. The van der Waals surface area contributed by atoms with Gasteiger partial charge in [-0.05, 0) is 16.7 Å². The van der Waals surface area contributed by atoms with E-state index in [1.807, 2.05) is 91.0 Å². The fourth-order valence-electron chi connectivity index (χ4n) is 4.43. The van der Waals surface area contributed by atoms with Crippen LogP contribution >= 0.6 is 0 Å². The van der Waals surface area contributed by atoms with Gasteiger partial charge in [0.2, 0.25) is 0 Å². The fourth-order valence-corrected chi connectivity index (χ4v) is 4.43. The number of nitrogens with two attached hydrogens (primary N) is 1. The molecule has 7 nitrogen and oxygen atoms in total. The van der Waals surface area contributed by atoms with Gasteiger partial charge in [0, 0.05) is 5.56 Å². The van der Waals surface area contributed by atoms with Crippen molar-refractivity contribution in [1.29, 1.82) is 0 Å². The first-order valence-corrected chi connectivity index (χ1v) is 12.1. The Morgan fingerprint density at radius 2 is 1.25 bits per heavy atom. The lowest BCUT2D eigenvalue weighted by molar-refractivity contribution is -0.0898. The number of benzene rings is 3. The number of nitrogens with one attached hydrogen (secondary N) is 1. The van der Waals surface area contributed by atoms with Crippen LogP contribution in [0, 0.1) is 0 Å². The molecule has 7 heteroatoms. The van der Waals surface area contributed by atoms with Gasteiger partial charge in [-0.1, -0.05) is 91.0 Å². The molecule has 1 aliphatic heterocycles. The smallest absolute Gasteiger partial charge is 0.124 e. The molecule has 4 unspecified atom stereocenters. The third-order valence-corrected chi connectivity index (χ3v) is 6.28. The second-order valence-corrected chi connectivity index (χ2v) is 8.86. The van der Waals surface area contributed by atoms with Crippen molar-refractivity contribution in [2.45, 2.75) is 44.2 Å². The average molecular weight is 486 g/mol. The van der Waals surface area contributed by atoms with Crippen LogP contribution < -0.4 is 5.73 Å². The molecule has 0 aliphatic carbocycles. The summed E-state index contributed by atoms with van der Waals surface area (Å²) in [6.45, 7) is 1.70. The first kappa shape index (κ1) is 24.2. The van der Waals surface area contributed by atoms with Gasteiger partial charge in [-0.2, -0.15) is 5.10 Å². The molecule has 1 fully saturated rings. The highest BCUT2D eigenvalue weighted by Gasteiger charge is 2.48. The van der Waals surface area contributed by atoms with Crippen LogP contribution in [0.5, 0.6) is 0 Å². The number of aromatic amines is 1. The highest BCUT2D eigenvalue weighted by molar-refractivity contribution is 5.40. The van der Waals surface area contributed by atoms with Crippen LogP contribution in [0.3, 0.4) is 0 Å². The van der Waals surface area contributed by atoms with E-state index in [9.17, 15) is 0 Å². The zero-order valence-electron chi connectivity index (χ0n) is 20.0. The maximum atomic E-state index is 6.51. The third-order valence-electron chi connectivity index (χ3n) is 6.28. The van der Waals surface area contributed by atoms with Crippen molar-refractivity contribution in [1.82, 2.24) is 10.2 Å². The minimum absolute atomic E-state index is 0.350. The summed E-state index contributed by atoms with van der Waals surface area (Å²) in [7, 11) is 0. The molecule has 0 amide bonds. The maximum Gasteiger partial charge on any atom is 0.124 e. The van der Waals surface area contributed by atoms with E-state index in [4.69, 9.17) is 24.7 Å². The average Bonchev–Trinajstić information content (AvgIpc) is 3.50. The minimum atomic E-state index is -0.446. The molecule has 4 atom stereocenters. The van der Waals surface area contributed by atoms with Crippen molar-refractivity contribution in [3.05, 3.63) is 119 Å². The lowest BCUT2D eigenvalue weighted by Crippen LogP contribution is -2.37. The molecule has 0 saturated carbocycles. The molecule has 0 spiro atoms. The summed E-state index contributed by atoms with van der Waals surface area (Å²) in [5, 5.41) is 6.92. The van der Waals surface area contributed by atoms with E-state index in [-0.39, 0.29) is 12.2 Å². The van der Waals surface area contributed by atoms with E-state index in [1.165, 1.54) is 0 Å². The fraction of sp³-hybridized carbons (Fsp3) is 0.276. The van der Waals surface area contributed by atoms with Crippen LogP contribution in [0.1, 0.15) is 28.4 Å². The van der Waals surface area contributed by atoms with Crippen molar-refractivity contribution >= 4 is 5.82 Å². The third kappa shape index (κ3) is 6.01. The van der Waals surface area contributed by atoms with E-state index >= 15 is 0 Å². The molecule has 4 aromatic rings. The maximum absolute atomic E-state index is 6.51. The molecule has 2 heterocycles. The Morgan fingerprint density at radius 1 is 0.722 bits per heavy atom. The van der Waals surface area contributed by atoms with Crippen molar-refractivity contribution in [2.75, 3.05) is 12.3 Å². The number of hydrogen-bond acceptors (Lipinski definition) is 6. The van der Waals surface area contributed by atoms with Crippen LogP contribution in [0.25, 0.3) is 0 Å². The first-order chi connectivity index (χ1) is 17.8. The second-order valence-electron chi connectivity index (χ2n) is 8.86. The zero-order chi connectivity index (χ0) is 24.6. The number of aromatic nitrogens is 2. The summed E-state index contributed by atoms with van der Waals surface area (Å²) in [4.78, 5) is 0. The predicted molar refractivity (Wildman–Crippen MR) is 137 cm³/mol. The normalized spacial score (nSPS) is 21.6. The molecule has 0 radical (unpaired) electrons. The minimum Gasteiger partial charge on any atom is -0.384 e. The SMILES string of the molecule is Nc1[nH]ncc1C1OC(COCc2ccccc2)C(OCc2ccccc2)C1OCc1ccccc1.